The molecule has 1 amide bonds. The van der Waals surface area contributed by atoms with Crippen LogP contribution >= 0.6 is 0 Å². The number of pyridine rings is 1. The third-order valence-electron chi connectivity index (χ3n) is 3.86. The van der Waals surface area contributed by atoms with E-state index in [1.165, 1.54) is 18.2 Å². The maximum Gasteiger partial charge on any atom is 0.267 e. The van der Waals surface area contributed by atoms with Gasteiger partial charge in [0.25, 0.3) is 5.56 Å². The zero-order valence-electron chi connectivity index (χ0n) is 14.6. The number of benzene rings is 1. The number of carbonyl (C=O) groups excluding carboxylic acids is 1. The van der Waals surface area contributed by atoms with Crippen LogP contribution in [0.2, 0.25) is 0 Å². The lowest BCUT2D eigenvalue weighted by atomic mass is 10.2. The van der Waals surface area contributed by atoms with Gasteiger partial charge < -0.3 is 5.32 Å². The van der Waals surface area contributed by atoms with Crippen molar-refractivity contribution in [2.45, 2.75) is 18.0 Å². The summed E-state index contributed by atoms with van der Waals surface area (Å²) >= 11 is 0. The second kappa shape index (κ2) is 8.11. The number of amides is 1. The first-order valence-electron chi connectivity index (χ1n) is 8.20. The Labute approximate surface area is 160 Å². The molecule has 0 bridgehead atoms. The monoisotopic (exact) mass is 399 g/mol. The largest absolute Gasteiger partial charge is 0.350 e. The second-order valence-corrected chi connectivity index (χ2v) is 7.48. The molecule has 9 nitrogen and oxygen atoms in total. The number of nitrogens with one attached hydrogen (secondary N) is 1. The molecule has 144 valence electrons. The van der Waals surface area contributed by atoms with E-state index in [2.05, 4.69) is 15.4 Å². The van der Waals surface area contributed by atoms with Gasteiger partial charge in [0, 0.05) is 30.6 Å². The molecule has 0 unspecified atom stereocenters. The van der Waals surface area contributed by atoms with Gasteiger partial charge in [0.1, 0.15) is 6.54 Å². The number of hydrogen-bond donors (Lipinski definition) is 2. The summed E-state index contributed by atoms with van der Waals surface area (Å²) in [6.45, 7) is -0.0804. The van der Waals surface area contributed by atoms with Crippen LogP contribution in [0.15, 0.2) is 70.6 Å². The molecule has 28 heavy (non-hydrogen) atoms. The summed E-state index contributed by atoms with van der Waals surface area (Å²) in [5.74, 6) is -0.409. The van der Waals surface area contributed by atoms with Crippen molar-refractivity contribution in [1.29, 1.82) is 0 Å². The van der Waals surface area contributed by atoms with Gasteiger partial charge >= 0.3 is 0 Å². The van der Waals surface area contributed by atoms with E-state index in [0.717, 1.165) is 10.2 Å². The number of rotatable bonds is 6. The van der Waals surface area contributed by atoms with E-state index in [4.69, 9.17) is 5.14 Å². The average molecular weight is 399 g/mol. The molecule has 10 heteroatoms. The second-order valence-electron chi connectivity index (χ2n) is 5.92. The molecule has 0 saturated carbocycles. The van der Waals surface area contributed by atoms with Crippen molar-refractivity contribution < 1.29 is 13.2 Å². The predicted molar refractivity (Wildman–Crippen MR) is 101 cm³/mol. The third-order valence-corrected chi connectivity index (χ3v) is 4.79. The van der Waals surface area contributed by atoms with Gasteiger partial charge in [-0.25, -0.2) is 18.2 Å². The Hall–Kier alpha value is -3.37. The number of nitrogens with zero attached hydrogens (tertiary/aromatic N) is 3. The van der Waals surface area contributed by atoms with Gasteiger partial charge in [-0.3, -0.25) is 14.6 Å². The van der Waals surface area contributed by atoms with Crippen LogP contribution in [-0.4, -0.2) is 29.1 Å². The predicted octanol–water partition coefficient (Wildman–Crippen LogP) is 0.269. The lowest BCUT2D eigenvalue weighted by molar-refractivity contribution is -0.122. The molecule has 1 aromatic carbocycles. The van der Waals surface area contributed by atoms with Gasteiger partial charge in [0.2, 0.25) is 15.9 Å². The molecule has 0 atom stereocenters. The number of sulfonamides is 1. The van der Waals surface area contributed by atoms with E-state index >= 15 is 0 Å². The highest BCUT2D eigenvalue weighted by Crippen LogP contribution is 2.12. The zero-order valence-corrected chi connectivity index (χ0v) is 15.5. The molecule has 2 heterocycles. The summed E-state index contributed by atoms with van der Waals surface area (Å²) in [4.78, 5) is 28.2. The van der Waals surface area contributed by atoms with E-state index < -0.39 is 21.5 Å². The lowest BCUT2D eigenvalue weighted by Gasteiger charge is -2.08. The molecule has 0 aliphatic carbocycles. The molecule has 0 aliphatic rings. The molecular formula is C18H17N5O4S. The van der Waals surface area contributed by atoms with Gasteiger partial charge in [-0.1, -0.05) is 12.1 Å². The standard InChI is InChI=1S/C18H17N5O4S/c19-28(26,27)15-5-3-13(4-6-15)10-21-17(24)12-23-18(25)8-7-16(22-23)14-2-1-9-20-11-14/h1-9,11H,10,12H2,(H,21,24)(H2,19,26,27). The van der Waals surface area contributed by atoms with E-state index in [1.807, 2.05) is 0 Å². The number of nitrogens with two attached hydrogens (primary N) is 1. The maximum atomic E-state index is 12.2. The molecule has 3 rings (SSSR count). The smallest absolute Gasteiger partial charge is 0.267 e. The van der Waals surface area contributed by atoms with Gasteiger partial charge in [-0.15, -0.1) is 0 Å². The highest BCUT2D eigenvalue weighted by molar-refractivity contribution is 7.89. The Balaban J connectivity index is 1.66. The number of primary sulfonamides is 1. The highest BCUT2D eigenvalue weighted by Gasteiger charge is 2.09. The molecule has 0 fully saturated rings. The quantitative estimate of drug-likeness (QED) is 0.610. The molecule has 0 saturated heterocycles. The average Bonchev–Trinajstić information content (AvgIpc) is 2.68. The zero-order chi connectivity index (χ0) is 20.1. The molecule has 0 radical (unpaired) electrons. The Bertz CT molecular complexity index is 1140. The summed E-state index contributed by atoms with van der Waals surface area (Å²) in [5, 5.41) is 11.9. The number of hydrogen-bond acceptors (Lipinski definition) is 6. The first kappa shape index (κ1) is 19.4. The number of carbonyl (C=O) groups is 1. The normalized spacial score (nSPS) is 11.2. The first-order valence-corrected chi connectivity index (χ1v) is 9.74. The Morgan fingerprint density at radius 1 is 1.11 bits per heavy atom. The van der Waals surface area contributed by atoms with Crippen LogP contribution in [0, 0.1) is 0 Å². The first-order chi connectivity index (χ1) is 13.3. The van der Waals surface area contributed by atoms with Crippen molar-refractivity contribution in [3.05, 3.63) is 76.8 Å². The fraction of sp³-hybridized carbons (Fsp3) is 0.111. The molecule has 0 spiro atoms. The highest BCUT2D eigenvalue weighted by atomic mass is 32.2. The minimum Gasteiger partial charge on any atom is -0.350 e. The van der Waals surface area contributed by atoms with Gasteiger partial charge in [-0.2, -0.15) is 5.10 Å². The van der Waals surface area contributed by atoms with Crippen molar-refractivity contribution in [2.75, 3.05) is 0 Å². The Morgan fingerprint density at radius 2 is 1.86 bits per heavy atom. The summed E-state index contributed by atoms with van der Waals surface area (Å²) in [7, 11) is -3.76. The summed E-state index contributed by atoms with van der Waals surface area (Å²) in [6, 6.07) is 12.3. The van der Waals surface area contributed by atoms with Crippen LogP contribution in [0.3, 0.4) is 0 Å². The van der Waals surface area contributed by atoms with Crippen LogP contribution in [0.4, 0.5) is 0 Å². The fourth-order valence-corrected chi connectivity index (χ4v) is 2.94. The number of aromatic nitrogens is 3. The summed E-state index contributed by atoms with van der Waals surface area (Å²) in [6.07, 6.45) is 3.24. The van der Waals surface area contributed by atoms with Crippen molar-refractivity contribution >= 4 is 15.9 Å². The molecular weight excluding hydrogens is 382 g/mol. The fourth-order valence-electron chi connectivity index (χ4n) is 2.42. The van der Waals surface area contributed by atoms with Crippen LogP contribution in [0.1, 0.15) is 5.56 Å². The maximum absolute atomic E-state index is 12.2. The lowest BCUT2D eigenvalue weighted by Crippen LogP contribution is -2.33. The minimum absolute atomic E-state index is 0.00875. The van der Waals surface area contributed by atoms with E-state index in [9.17, 15) is 18.0 Å². The summed E-state index contributed by atoms with van der Waals surface area (Å²) in [5.41, 5.74) is 1.54. The van der Waals surface area contributed by atoms with Crippen LogP contribution in [-0.2, 0) is 27.9 Å². The molecule has 3 N–H and O–H groups in total. The van der Waals surface area contributed by atoms with Crippen LogP contribution < -0.4 is 16.0 Å². The van der Waals surface area contributed by atoms with Crippen molar-refractivity contribution in [2.24, 2.45) is 5.14 Å². The van der Waals surface area contributed by atoms with E-state index in [0.29, 0.717) is 11.3 Å². The topological polar surface area (TPSA) is 137 Å². The van der Waals surface area contributed by atoms with Crippen molar-refractivity contribution in [3.63, 3.8) is 0 Å². The van der Waals surface area contributed by atoms with Gasteiger partial charge in [0.15, 0.2) is 0 Å². The van der Waals surface area contributed by atoms with Gasteiger partial charge in [-0.05, 0) is 35.9 Å². The molecule has 2 aromatic heterocycles. The van der Waals surface area contributed by atoms with Gasteiger partial charge in [0.05, 0.1) is 10.6 Å². The van der Waals surface area contributed by atoms with Crippen LogP contribution in [0.5, 0.6) is 0 Å². The summed E-state index contributed by atoms with van der Waals surface area (Å²) < 4.78 is 23.6. The SMILES string of the molecule is NS(=O)(=O)c1ccc(CNC(=O)Cn2nc(-c3cccnc3)ccc2=O)cc1. The van der Waals surface area contributed by atoms with Crippen molar-refractivity contribution in [3.8, 4) is 11.3 Å². The Kier molecular flexibility index (Phi) is 5.62. The van der Waals surface area contributed by atoms with E-state index in [1.54, 1.807) is 42.7 Å². The minimum atomic E-state index is -3.76. The van der Waals surface area contributed by atoms with Crippen molar-refractivity contribution in [1.82, 2.24) is 20.1 Å². The molecule has 3 aromatic rings. The molecule has 0 aliphatic heterocycles. The van der Waals surface area contributed by atoms with Crippen LogP contribution in [0.25, 0.3) is 11.3 Å². The third kappa shape index (κ3) is 4.87. The van der Waals surface area contributed by atoms with E-state index in [-0.39, 0.29) is 18.0 Å². The Morgan fingerprint density at radius 3 is 2.50 bits per heavy atom.